The molecule has 2 heterocycles. The first-order valence-electron chi connectivity index (χ1n) is 9.23. The Labute approximate surface area is 160 Å². The van der Waals surface area contributed by atoms with Gasteiger partial charge in [0.1, 0.15) is 11.9 Å². The molecule has 1 atom stereocenters. The molecular formula is C20H29N3O2S. The maximum atomic E-state index is 12.7. The van der Waals surface area contributed by atoms with E-state index in [4.69, 9.17) is 0 Å². The smallest absolute Gasteiger partial charge is 0.242 e. The highest BCUT2D eigenvalue weighted by atomic mass is 32.2. The lowest BCUT2D eigenvalue weighted by atomic mass is 9.87. The van der Waals surface area contributed by atoms with Crippen LogP contribution in [0.5, 0.6) is 0 Å². The first-order valence-corrected chi connectivity index (χ1v) is 10.3. The molecule has 0 radical (unpaired) electrons. The van der Waals surface area contributed by atoms with E-state index in [0.29, 0.717) is 5.75 Å². The fourth-order valence-electron chi connectivity index (χ4n) is 3.35. The third-order valence-corrected chi connectivity index (χ3v) is 6.45. The number of hydrogen-bond donors (Lipinski definition) is 0. The summed E-state index contributed by atoms with van der Waals surface area (Å²) in [5.41, 5.74) is 2.48. The van der Waals surface area contributed by atoms with Crippen LogP contribution >= 0.6 is 11.8 Å². The molecule has 26 heavy (non-hydrogen) atoms. The molecule has 0 spiro atoms. The van der Waals surface area contributed by atoms with Crippen LogP contribution in [0.25, 0.3) is 0 Å². The van der Waals surface area contributed by atoms with E-state index in [9.17, 15) is 9.59 Å². The van der Waals surface area contributed by atoms with Gasteiger partial charge in [-0.05, 0) is 23.6 Å². The van der Waals surface area contributed by atoms with Gasteiger partial charge in [0.2, 0.25) is 11.8 Å². The number of carbonyl (C=O) groups is 2. The fraction of sp³-hybridized carbons (Fsp3) is 0.600. The van der Waals surface area contributed by atoms with E-state index >= 15 is 0 Å². The summed E-state index contributed by atoms with van der Waals surface area (Å²) in [5, 5.41) is -0.0621. The van der Waals surface area contributed by atoms with Gasteiger partial charge in [0.05, 0.1) is 5.75 Å². The molecule has 5 nitrogen and oxygen atoms in total. The van der Waals surface area contributed by atoms with Gasteiger partial charge in [-0.1, -0.05) is 45.0 Å². The minimum absolute atomic E-state index is 0.0578. The molecule has 2 aliphatic heterocycles. The molecule has 0 unspecified atom stereocenters. The Morgan fingerprint density at radius 1 is 1.12 bits per heavy atom. The van der Waals surface area contributed by atoms with E-state index in [0.717, 1.165) is 31.7 Å². The molecule has 0 saturated carbocycles. The van der Waals surface area contributed by atoms with Crippen molar-refractivity contribution in [2.24, 2.45) is 0 Å². The van der Waals surface area contributed by atoms with E-state index in [1.807, 2.05) is 4.90 Å². The van der Waals surface area contributed by atoms with Gasteiger partial charge >= 0.3 is 0 Å². The summed E-state index contributed by atoms with van der Waals surface area (Å²) in [4.78, 5) is 30.9. The number of likely N-dealkylation sites (N-methyl/N-ethyl adjacent to an activating group) is 1. The fourth-order valence-corrected chi connectivity index (χ4v) is 4.54. The van der Waals surface area contributed by atoms with Gasteiger partial charge in [-0.25, -0.2) is 0 Å². The number of thioether (sulfide) groups is 1. The van der Waals surface area contributed by atoms with Crippen LogP contribution in [-0.2, 0) is 15.0 Å². The van der Waals surface area contributed by atoms with Gasteiger partial charge in [-0.15, -0.1) is 11.8 Å². The monoisotopic (exact) mass is 375 g/mol. The Bertz CT molecular complexity index is 661. The molecular weight excluding hydrogens is 346 g/mol. The minimum atomic E-state index is -0.0621. The maximum Gasteiger partial charge on any atom is 0.242 e. The van der Waals surface area contributed by atoms with Crippen molar-refractivity contribution in [3.63, 3.8) is 0 Å². The summed E-state index contributed by atoms with van der Waals surface area (Å²) >= 11 is 1.61. The van der Waals surface area contributed by atoms with Gasteiger partial charge in [0.15, 0.2) is 0 Å². The van der Waals surface area contributed by atoms with Crippen LogP contribution in [0.1, 0.15) is 37.3 Å². The summed E-state index contributed by atoms with van der Waals surface area (Å²) in [5.74, 6) is 0.564. The largest absolute Gasteiger partial charge is 0.339 e. The zero-order valence-electron chi connectivity index (χ0n) is 16.2. The van der Waals surface area contributed by atoms with Crippen molar-refractivity contribution in [2.75, 3.05) is 45.5 Å². The number of piperazine rings is 1. The topological polar surface area (TPSA) is 43.9 Å². The van der Waals surface area contributed by atoms with Gasteiger partial charge in [-0.3, -0.25) is 9.59 Å². The zero-order chi connectivity index (χ0) is 18.9. The van der Waals surface area contributed by atoms with Crippen molar-refractivity contribution in [3.05, 3.63) is 35.4 Å². The predicted molar refractivity (Wildman–Crippen MR) is 106 cm³/mol. The van der Waals surface area contributed by atoms with Gasteiger partial charge < -0.3 is 14.7 Å². The molecule has 0 bridgehead atoms. The summed E-state index contributed by atoms with van der Waals surface area (Å²) < 4.78 is 0. The second-order valence-electron chi connectivity index (χ2n) is 8.24. The highest BCUT2D eigenvalue weighted by molar-refractivity contribution is 8.00. The SMILES string of the molecule is CN1CCN(C(=O)CN2C(=O)CS[C@H]2c2ccc(C(C)(C)C)cc2)CC1. The van der Waals surface area contributed by atoms with E-state index < -0.39 is 0 Å². The average Bonchev–Trinajstić information content (AvgIpc) is 2.95. The summed E-state index contributed by atoms with van der Waals surface area (Å²) in [7, 11) is 2.07. The molecule has 0 aromatic heterocycles. The van der Waals surface area contributed by atoms with Crippen molar-refractivity contribution in [1.29, 1.82) is 0 Å². The molecule has 2 aliphatic rings. The number of rotatable bonds is 3. The lowest BCUT2D eigenvalue weighted by Crippen LogP contribution is -2.50. The Morgan fingerprint density at radius 2 is 1.73 bits per heavy atom. The lowest BCUT2D eigenvalue weighted by molar-refractivity contribution is -0.140. The third-order valence-electron chi connectivity index (χ3n) is 5.19. The highest BCUT2D eigenvalue weighted by Gasteiger charge is 2.35. The lowest BCUT2D eigenvalue weighted by Gasteiger charge is -2.34. The molecule has 1 aromatic rings. The Morgan fingerprint density at radius 3 is 2.31 bits per heavy atom. The highest BCUT2D eigenvalue weighted by Crippen LogP contribution is 2.39. The molecule has 3 rings (SSSR count). The first-order chi connectivity index (χ1) is 12.3. The van der Waals surface area contributed by atoms with Crippen LogP contribution in [-0.4, -0.2) is 72.0 Å². The molecule has 0 aliphatic carbocycles. The molecule has 2 amide bonds. The van der Waals surface area contributed by atoms with E-state index in [2.05, 4.69) is 57.0 Å². The summed E-state index contributed by atoms with van der Waals surface area (Å²) in [6.07, 6.45) is 0. The number of nitrogens with zero attached hydrogens (tertiary/aromatic N) is 3. The molecule has 2 fully saturated rings. The number of benzene rings is 1. The minimum Gasteiger partial charge on any atom is -0.339 e. The third kappa shape index (κ3) is 4.23. The molecule has 0 N–H and O–H groups in total. The van der Waals surface area contributed by atoms with E-state index in [1.54, 1.807) is 16.7 Å². The van der Waals surface area contributed by atoms with Crippen LogP contribution in [0.4, 0.5) is 0 Å². The van der Waals surface area contributed by atoms with Gasteiger partial charge in [0.25, 0.3) is 0 Å². The van der Waals surface area contributed by atoms with Crippen LogP contribution in [0.15, 0.2) is 24.3 Å². The standard InChI is InChI=1S/C20H29N3O2S/c1-20(2,3)16-7-5-15(6-8-16)19-23(18(25)14-26-19)13-17(24)22-11-9-21(4)10-12-22/h5-8,19H,9-14H2,1-4H3/t19-/m0/s1. The van der Waals surface area contributed by atoms with Gasteiger partial charge in [0, 0.05) is 26.2 Å². The first kappa shape index (κ1) is 19.2. The van der Waals surface area contributed by atoms with Crippen LogP contribution in [0.2, 0.25) is 0 Å². The normalized spacial score (nSPS) is 22.2. The molecule has 1 aromatic carbocycles. The average molecular weight is 376 g/mol. The molecule has 2 saturated heterocycles. The van der Waals surface area contributed by atoms with E-state index in [1.165, 1.54) is 5.56 Å². The van der Waals surface area contributed by atoms with Crippen LogP contribution in [0.3, 0.4) is 0 Å². The second kappa shape index (κ2) is 7.61. The zero-order valence-corrected chi connectivity index (χ0v) is 17.0. The van der Waals surface area contributed by atoms with Crippen LogP contribution < -0.4 is 0 Å². The molecule has 142 valence electrons. The second-order valence-corrected chi connectivity index (χ2v) is 9.31. The van der Waals surface area contributed by atoms with Crippen molar-refractivity contribution in [1.82, 2.24) is 14.7 Å². The number of hydrogen-bond acceptors (Lipinski definition) is 4. The summed E-state index contributed by atoms with van der Waals surface area (Å²) in [6, 6.07) is 8.48. The quantitative estimate of drug-likeness (QED) is 0.813. The predicted octanol–water partition coefficient (Wildman–Crippen LogP) is 2.33. The van der Waals surface area contributed by atoms with Crippen molar-refractivity contribution >= 4 is 23.6 Å². The Balaban J connectivity index is 1.69. The van der Waals surface area contributed by atoms with Crippen LogP contribution in [0, 0.1) is 0 Å². The van der Waals surface area contributed by atoms with E-state index in [-0.39, 0.29) is 29.1 Å². The maximum absolute atomic E-state index is 12.7. The Hall–Kier alpha value is -1.53. The number of carbonyl (C=O) groups excluding carboxylic acids is 2. The van der Waals surface area contributed by atoms with Crippen molar-refractivity contribution in [2.45, 2.75) is 31.6 Å². The summed E-state index contributed by atoms with van der Waals surface area (Å²) in [6.45, 7) is 10.0. The van der Waals surface area contributed by atoms with Crippen molar-refractivity contribution in [3.8, 4) is 0 Å². The Kier molecular flexibility index (Phi) is 5.63. The van der Waals surface area contributed by atoms with Gasteiger partial charge in [-0.2, -0.15) is 0 Å². The number of amides is 2. The van der Waals surface area contributed by atoms with Crippen molar-refractivity contribution < 1.29 is 9.59 Å². The molecule has 6 heteroatoms.